The number of hydrogen-bond acceptors (Lipinski definition) is 2. The molecule has 0 aliphatic rings. The molecule has 2 heteroatoms. The molecule has 2 atom stereocenters. The number of nitrogens with one attached hydrogen (secondary N) is 1. The molecule has 0 fully saturated rings. The normalized spacial score (nSPS) is 15.6. The number of thioether (sulfide) groups is 1. The van der Waals surface area contributed by atoms with Crippen molar-refractivity contribution in [2.45, 2.75) is 53.5 Å². The minimum Gasteiger partial charge on any atom is -0.313 e. The zero-order chi connectivity index (χ0) is 11.7. The summed E-state index contributed by atoms with van der Waals surface area (Å²) in [6.07, 6.45) is 2.63. The van der Waals surface area contributed by atoms with Crippen molar-refractivity contribution >= 4 is 11.8 Å². The van der Waals surface area contributed by atoms with Crippen molar-refractivity contribution in [3.8, 4) is 0 Å². The first-order valence-electron chi connectivity index (χ1n) is 6.42. The Labute approximate surface area is 101 Å². The van der Waals surface area contributed by atoms with Crippen LogP contribution in [0.15, 0.2) is 0 Å². The van der Waals surface area contributed by atoms with Gasteiger partial charge in [0.1, 0.15) is 0 Å². The summed E-state index contributed by atoms with van der Waals surface area (Å²) in [7, 11) is 0. The van der Waals surface area contributed by atoms with Crippen LogP contribution in [0.1, 0.15) is 47.5 Å². The lowest BCUT2D eigenvalue weighted by molar-refractivity contribution is 0.404. The van der Waals surface area contributed by atoms with E-state index < -0.39 is 0 Å². The van der Waals surface area contributed by atoms with Gasteiger partial charge in [0.05, 0.1) is 0 Å². The molecule has 0 saturated heterocycles. The average Bonchev–Trinajstić information content (AvgIpc) is 2.21. The van der Waals surface area contributed by atoms with Crippen molar-refractivity contribution < 1.29 is 0 Å². The van der Waals surface area contributed by atoms with Crippen LogP contribution in [0, 0.1) is 11.8 Å². The van der Waals surface area contributed by atoms with Gasteiger partial charge < -0.3 is 5.32 Å². The van der Waals surface area contributed by atoms with Gasteiger partial charge in [-0.15, -0.1) is 0 Å². The van der Waals surface area contributed by atoms with E-state index in [2.05, 4.69) is 51.7 Å². The standard InChI is InChI=1S/C13H29NS/c1-6-12(5)13(14-7-2)10-15-9-8-11(3)4/h11-14H,6-10H2,1-5H3. The maximum Gasteiger partial charge on any atom is 0.0183 e. The molecule has 0 radical (unpaired) electrons. The lowest BCUT2D eigenvalue weighted by atomic mass is 10.0. The average molecular weight is 231 g/mol. The van der Waals surface area contributed by atoms with Crippen molar-refractivity contribution in [3.63, 3.8) is 0 Å². The third-order valence-electron chi connectivity index (χ3n) is 2.93. The Bertz CT molecular complexity index is 136. The molecular weight excluding hydrogens is 202 g/mol. The molecule has 1 nitrogen and oxygen atoms in total. The van der Waals surface area contributed by atoms with Gasteiger partial charge in [0.15, 0.2) is 0 Å². The zero-order valence-corrected chi connectivity index (χ0v) is 12.0. The molecule has 0 spiro atoms. The topological polar surface area (TPSA) is 12.0 Å². The van der Waals surface area contributed by atoms with Crippen molar-refractivity contribution in [2.75, 3.05) is 18.1 Å². The van der Waals surface area contributed by atoms with Gasteiger partial charge in [-0.05, 0) is 30.6 Å². The zero-order valence-electron chi connectivity index (χ0n) is 11.2. The molecule has 1 N–H and O–H groups in total. The Kier molecular flexibility index (Phi) is 9.73. The second-order valence-electron chi connectivity index (χ2n) is 4.81. The van der Waals surface area contributed by atoms with E-state index in [1.807, 2.05) is 0 Å². The highest BCUT2D eigenvalue weighted by atomic mass is 32.2. The van der Waals surface area contributed by atoms with Crippen LogP contribution in [0.5, 0.6) is 0 Å². The van der Waals surface area contributed by atoms with E-state index in [9.17, 15) is 0 Å². The first kappa shape index (κ1) is 15.3. The fourth-order valence-corrected chi connectivity index (χ4v) is 3.01. The van der Waals surface area contributed by atoms with Gasteiger partial charge in [0.25, 0.3) is 0 Å². The quantitative estimate of drug-likeness (QED) is 0.606. The molecule has 15 heavy (non-hydrogen) atoms. The molecule has 2 unspecified atom stereocenters. The molecule has 0 aliphatic heterocycles. The van der Waals surface area contributed by atoms with Crippen LogP contribution in [-0.2, 0) is 0 Å². The Morgan fingerprint density at radius 2 is 1.80 bits per heavy atom. The lowest BCUT2D eigenvalue weighted by Gasteiger charge is -2.23. The fourth-order valence-electron chi connectivity index (χ4n) is 1.50. The molecule has 92 valence electrons. The second kappa shape index (κ2) is 9.53. The van der Waals surface area contributed by atoms with Crippen LogP contribution >= 0.6 is 11.8 Å². The fraction of sp³-hybridized carbons (Fsp3) is 1.00. The number of rotatable bonds is 9. The van der Waals surface area contributed by atoms with Gasteiger partial charge in [-0.3, -0.25) is 0 Å². The van der Waals surface area contributed by atoms with Crippen LogP contribution < -0.4 is 5.32 Å². The predicted octanol–water partition coefficient (Wildman–Crippen LogP) is 3.79. The molecule has 0 aromatic heterocycles. The molecule has 0 aromatic rings. The van der Waals surface area contributed by atoms with E-state index in [4.69, 9.17) is 0 Å². The molecule has 0 saturated carbocycles. The van der Waals surface area contributed by atoms with Gasteiger partial charge >= 0.3 is 0 Å². The van der Waals surface area contributed by atoms with Crippen molar-refractivity contribution in [1.29, 1.82) is 0 Å². The molecule has 0 bridgehead atoms. The SMILES string of the molecule is CCNC(CSCCC(C)C)C(C)CC. The largest absolute Gasteiger partial charge is 0.313 e. The highest BCUT2D eigenvalue weighted by molar-refractivity contribution is 7.99. The van der Waals surface area contributed by atoms with Crippen molar-refractivity contribution in [3.05, 3.63) is 0 Å². The minimum atomic E-state index is 0.706. The smallest absolute Gasteiger partial charge is 0.0183 e. The summed E-state index contributed by atoms with van der Waals surface area (Å²) in [6, 6.07) is 0.706. The van der Waals surface area contributed by atoms with E-state index in [0.717, 1.165) is 18.4 Å². The molecule has 0 aromatic carbocycles. The summed E-state index contributed by atoms with van der Waals surface area (Å²) in [5, 5.41) is 3.60. The third kappa shape index (κ3) is 8.15. The van der Waals surface area contributed by atoms with Crippen LogP contribution in [0.25, 0.3) is 0 Å². The van der Waals surface area contributed by atoms with E-state index in [1.54, 1.807) is 0 Å². The number of hydrogen-bond donors (Lipinski definition) is 1. The van der Waals surface area contributed by atoms with Gasteiger partial charge in [0, 0.05) is 11.8 Å². The van der Waals surface area contributed by atoms with E-state index in [-0.39, 0.29) is 0 Å². The Balaban J connectivity index is 3.66. The first-order chi connectivity index (χ1) is 7.11. The maximum absolute atomic E-state index is 3.60. The second-order valence-corrected chi connectivity index (χ2v) is 5.96. The predicted molar refractivity (Wildman–Crippen MR) is 73.7 cm³/mol. The monoisotopic (exact) mass is 231 g/mol. The summed E-state index contributed by atoms with van der Waals surface area (Å²) in [5.41, 5.74) is 0. The Hall–Kier alpha value is 0.310. The highest BCUT2D eigenvalue weighted by Crippen LogP contribution is 2.15. The molecule has 0 heterocycles. The van der Waals surface area contributed by atoms with Gasteiger partial charge in [-0.25, -0.2) is 0 Å². The summed E-state index contributed by atoms with van der Waals surface area (Å²) in [4.78, 5) is 0. The van der Waals surface area contributed by atoms with E-state index in [1.165, 1.54) is 24.3 Å². The first-order valence-corrected chi connectivity index (χ1v) is 7.58. The highest BCUT2D eigenvalue weighted by Gasteiger charge is 2.13. The van der Waals surface area contributed by atoms with E-state index in [0.29, 0.717) is 6.04 Å². The molecule has 0 amide bonds. The Morgan fingerprint density at radius 3 is 2.27 bits per heavy atom. The summed E-state index contributed by atoms with van der Waals surface area (Å²) in [6.45, 7) is 12.5. The summed E-state index contributed by atoms with van der Waals surface area (Å²) < 4.78 is 0. The maximum atomic E-state index is 3.60. The van der Waals surface area contributed by atoms with Crippen LogP contribution in [0.2, 0.25) is 0 Å². The lowest BCUT2D eigenvalue weighted by Crippen LogP contribution is -2.36. The summed E-state index contributed by atoms with van der Waals surface area (Å²) in [5.74, 6) is 4.24. The minimum absolute atomic E-state index is 0.706. The molecule has 0 aliphatic carbocycles. The molecular formula is C13H29NS. The van der Waals surface area contributed by atoms with Gasteiger partial charge in [-0.1, -0.05) is 41.0 Å². The summed E-state index contributed by atoms with van der Waals surface area (Å²) >= 11 is 2.11. The van der Waals surface area contributed by atoms with Crippen LogP contribution in [0.4, 0.5) is 0 Å². The Morgan fingerprint density at radius 1 is 1.13 bits per heavy atom. The molecule has 0 rings (SSSR count). The van der Waals surface area contributed by atoms with Gasteiger partial charge in [0.2, 0.25) is 0 Å². The van der Waals surface area contributed by atoms with E-state index >= 15 is 0 Å². The third-order valence-corrected chi connectivity index (χ3v) is 4.05. The van der Waals surface area contributed by atoms with Crippen molar-refractivity contribution in [2.24, 2.45) is 11.8 Å². The van der Waals surface area contributed by atoms with Crippen LogP contribution in [-0.4, -0.2) is 24.1 Å². The van der Waals surface area contributed by atoms with Gasteiger partial charge in [-0.2, -0.15) is 11.8 Å². The van der Waals surface area contributed by atoms with Crippen molar-refractivity contribution in [1.82, 2.24) is 5.32 Å². The van der Waals surface area contributed by atoms with Crippen LogP contribution in [0.3, 0.4) is 0 Å².